The largest absolute Gasteiger partial charge is 0.396 e. The van der Waals surface area contributed by atoms with Crippen molar-refractivity contribution in [2.24, 2.45) is 0 Å². The number of aldehydes is 1. The highest BCUT2D eigenvalue weighted by atomic mass is 35.5. The molecule has 0 amide bonds. The van der Waals surface area contributed by atoms with Crippen LogP contribution in [0.25, 0.3) is 0 Å². The Balaban J connectivity index is 3.25. The van der Waals surface area contributed by atoms with Crippen molar-refractivity contribution in [2.75, 3.05) is 5.73 Å². The van der Waals surface area contributed by atoms with E-state index in [0.717, 1.165) is 0 Å². The first-order chi connectivity index (χ1) is 6.07. The molecule has 5 heteroatoms. The van der Waals surface area contributed by atoms with E-state index >= 15 is 0 Å². The van der Waals surface area contributed by atoms with Crippen molar-refractivity contribution in [1.29, 1.82) is 0 Å². The smallest absolute Gasteiger partial charge is 0.164 e. The molecule has 0 unspecified atom stereocenters. The Kier molecular flexibility index (Phi) is 3.12. The van der Waals surface area contributed by atoms with Gasteiger partial charge in [0.15, 0.2) is 5.82 Å². The third kappa shape index (κ3) is 1.92. The van der Waals surface area contributed by atoms with Gasteiger partial charge >= 0.3 is 0 Å². The van der Waals surface area contributed by atoms with Crippen LogP contribution < -0.4 is 5.73 Å². The lowest BCUT2D eigenvalue weighted by Crippen LogP contribution is -2.01. The topological polar surface area (TPSA) is 43.1 Å². The highest BCUT2D eigenvalue weighted by Crippen LogP contribution is 2.30. The van der Waals surface area contributed by atoms with Gasteiger partial charge in [-0.1, -0.05) is 17.7 Å². The third-order valence-corrected chi connectivity index (χ3v) is 2.21. The van der Waals surface area contributed by atoms with Crippen molar-refractivity contribution in [3.05, 3.63) is 28.5 Å². The van der Waals surface area contributed by atoms with Crippen molar-refractivity contribution in [3.63, 3.8) is 0 Å². The number of nitrogens with two attached hydrogens (primary N) is 1. The number of benzene rings is 1. The van der Waals surface area contributed by atoms with Gasteiger partial charge in [0.05, 0.1) is 10.7 Å². The van der Waals surface area contributed by atoms with E-state index in [1.54, 1.807) is 0 Å². The van der Waals surface area contributed by atoms with E-state index in [9.17, 15) is 9.18 Å². The first-order valence-corrected chi connectivity index (χ1v) is 4.22. The van der Waals surface area contributed by atoms with Crippen LogP contribution in [0.5, 0.6) is 0 Å². The lowest BCUT2D eigenvalue weighted by atomic mass is 10.1. The van der Waals surface area contributed by atoms with E-state index in [1.165, 1.54) is 12.1 Å². The third-order valence-electron chi connectivity index (χ3n) is 1.58. The molecule has 2 N–H and O–H groups in total. The molecule has 70 valence electrons. The second kappa shape index (κ2) is 3.94. The number of carbonyl (C=O) groups excluding carboxylic acids is 1. The Hall–Kier alpha value is -0.800. The molecule has 0 fully saturated rings. The van der Waals surface area contributed by atoms with Crippen molar-refractivity contribution >= 4 is 35.2 Å². The zero-order valence-electron chi connectivity index (χ0n) is 6.43. The lowest BCUT2D eigenvalue weighted by Gasteiger charge is -2.07. The van der Waals surface area contributed by atoms with Crippen molar-refractivity contribution in [2.45, 2.75) is 5.38 Å². The minimum atomic E-state index is -0.938. The molecule has 1 rings (SSSR count). The summed E-state index contributed by atoms with van der Waals surface area (Å²) in [6.07, 6.45) is 0.473. The molecule has 0 aromatic heterocycles. The van der Waals surface area contributed by atoms with Gasteiger partial charge in [-0.05, 0) is 6.07 Å². The molecule has 1 atom stereocenters. The van der Waals surface area contributed by atoms with Gasteiger partial charge in [0.1, 0.15) is 11.7 Å². The summed E-state index contributed by atoms with van der Waals surface area (Å²) in [6, 6.07) is 2.73. The molecule has 0 radical (unpaired) electrons. The van der Waals surface area contributed by atoms with Gasteiger partial charge in [0, 0.05) is 5.56 Å². The van der Waals surface area contributed by atoms with Crippen LogP contribution in [0.15, 0.2) is 12.1 Å². The molecular formula is C8H6Cl2FNO. The zero-order valence-corrected chi connectivity index (χ0v) is 7.94. The van der Waals surface area contributed by atoms with Gasteiger partial charge in [-0.3, -0.25) is 0 Å². The molecule has 13 heavy (non-hydrogen) atoms. The van der Waals surface area contributed by atoms with Crippen LogP contribution >= 0.6 is 23.2 Å². The molecule has 1 aromatic carbocycles. The molecule has 0 bridgehead atoms. The number of alkyl halides is 1. The number of rotatable bonds is 2. The minimum Gasteiger partial charge on any atom is -0.396 e. The van der Waals surface area contributed by atoms with E-state index < -0.39 is 11.2 Å². The molecule has 0 aliphatic carbocycles. The average Bonchev–Trinajstić information content (AvgIpc) is 2.13. The predicted molar refractivity (Wildman–Crippen MR) is 50.5 cm³/mol. The summed E-state index contributed by atoms with van der Waals surface area (Å²) in [5, 5.41) is -1.03. The maximum atomic E-state index is 13.1. The van der Waals surface area contributed by atoms with Gasteiger partial charge in [0.2, 0.25) is 0 Å². The summed E-state index contributed by atoms with van der Waals surface area (Å²) in [5.74, 6) is -0.744. The van der Waals surface area contributed by atoms with E-state index in [-0.39, 0.29) is 16.3 Å². The van der Waals surface area contributed by atoms with Crippen LogP contribution in [0, 0.1) is 5.82 Å². The summed E-state index contributed by atoms with van der Waals surface area (Å²) >= 11 is 11.0. The summed E-state index contributed by atoms with van der Waals surface area (Å²) in [6.45, 7) is 0. The Labute approximate surface area is 84.4 Å². The van der Waals surface area contributed by atoms with Crippen molar-refractivity contribution in [3.8, 4) is 0 Å². The molecule has 0 saturated carbocycles. The van der Waals surface area contributed by atoms with Gasteiger partial charge in [0.25, 0.3) is 0 Å². The quantitative estimate of drug-likeness (QED) is 0.474. The molecule has 0 spiro atoms. The van der Waals surface area contributed by atoms with Crippen LogP contribution in [-0.2, 0) is 4.79 Å². The second-order valence-corrected chi connectivity index (χ2v) is 3.28. The number of halogens is 3. The monoisotopic (exact) mass is 221 g/mol. The first-order valence-electron chi connectivity index (χ1n) is 3.40. The van der Waals surface area contributed by atoms with E-state index in [0.29, 0.717) is 6.29 Å². The molecule has 0 heterocycles. The average molecular weight is 222 g/mol. The summed E-state index contributed by atoms with van der Waals surface area (Å²) in [4.78, 5) is 10.3. The van der Waals surface area contributed by atoms with Crippen LogP contribution in [0.3, 0.4) is 0 Å². The molecule has 2 nitrogen and oxygen atoms in total. The van der Waals surface area contributed by atoms with E-state index in [2.05, 4.69) is 0 Å². The number of carbonyl (C=O) groups is 1. The number of nitrogen functional groups attached to an aromatic ring is 1. The Morgan fingerprint density at radius 1 is 1.54 bits per heavy atom. The maximum absolute atomic E-state index is 13.1. The van der Waals surface area contributed by atoms with Crippen LogP contribution in [0.1, 0.15) is 10.9 Å². The molecule has 0 saturated heterocycles. The molecular weight excluding hydrogens is 216 g/mol. The van der Waals surface area contributed by atoms with Gasteiger partial charge < -0.3 is 10.5 Å². The van der Waals surface area contributed by atoms with Gasteiger partial charge in [-0.2, -0.15) is 0 Å². The standard InChI is InChI=1S/C8H6Cl2FNO/c9-5-2-1-4(6(10)3-13)8(12)7(5)11/h1-3,6H,12H2/t6-/m1/s1. The first kappa shape index (κ1) is 10.3. The minimum absolute atomic E-state index is 0.0870. The maximum Gasteiger partial charge on any atom is 0.164 e. The normalized spacial score (nSPS) is 12.5. The van der Waals surface area contributed by atoms with Crippen molar-refractivity contribution in [1.82, 2.24) is 0 Å². The Morgan fingerprint density at radius 3 is 2.69 bits per heavy atom. The number of anilines is 1. The van der Waals surface area contributed by atoms with E-state index in [1.807, 2.05) is 0 Å². The fourth-order valence-corrected chi connectivity index (χ4v) is 1.25. The predicted octanol–water partition coefficient (Wildman–Crippen LogP) is 2.54. The molecule has 0 aliphatic heterocycles. The highest BCUT2D eigenvalue weighted by Gasteiger charge is 2.14. The Morgan fingerprint density at radius 2 is 2.15 bits per heavy atom. The summed E-state index contributed by atoms with van der Waals surface area (Å²) in [5.41, 5.74) is 5.41. The fraction of sp³-hybridized carbons (Fsp3) is 0.125. The molecule has 1 aromatic rings. The summed E-state index contributed by atoms with van der Waals surface area (Å²) < 4.78 is 13.1. The Bertz CT molecular complexity index is 343. The van der Waals surface area contributed by atoms with Gasteiger partial charge in [-0.15, -0.1) is 11.6 Å². The van der Waals surface area contributed by atoms with Crippen LogP contribution in [0.2, 0.25) is 5.02 Å². The highest BCUT2D eigenvalue weighted by molar-refractivity contribution is 6.31. The molecule has 0 aliphatic rings. The second-order valence-electron chi connectivity index (χ2n) is 2.40. The number of hydrogen-bond acceptors (Lipinski definition) is 2. The van der Waals surface area contributed by atoms with E-state index in [4.69, 9.17) is 28.9 Å². The van der Waals surface area contributed by atoms with Crippen LogP contribution in [0.4, 0.5) is 10.1 Å². The SMILES string of the molecule is Nc1c([C@H](Cl)C=O)ccc(Cl)c1F. The van der Waals surface area contributed by atoms with Crippen molar-refractivity contribution < 1.29 is 9.18 Å². The van der Waals surface area contributed by atoms with Gasteiger partial charge in [-0.25, -0.2) is 4.39 Å². The number of hydrogen-bond donors (Lipinski definition) is 1. The fourth-order valence-electron chi connectivity index (χ4n) is 0.895. The summed E-state index contributed by atoms with van der Waals surface area (Å²) in [7, 11) is 0. The van der Waals surface area contributed by atoms with Crippen LogP contribution in [-0.4, -0.2) is 6.29 Å². The lowest BCUT2D eigenvalue weighted by molar-refractivity contribution is -0.107. The zero-order chi connectivity index (χ0) is 10.0.